The molecule has 0 aromatic rings. The first-order chi connectivity index (χ1) is 11.5. The van der Waals surface area contributed by atoms with E-state index in [1.165, 1.54) is 57.8 Å². The molecule has 0 bridgehead atoms. The van der Waals surface area contributed by atoms with Crippen molar-refractivity contribution in [2.45, 2.75) is 116 Å². The predicted molar refractivity (Wildman–Crippen MR) is 102 cm³/mol. The molecule has 5 heteroatoms. The second-order valence-corrected chi connectivity index (χ2v) is 8.69. The lowest BCUT2D eigenvalue weighted by molar-refractivity contribution is 0.147. The normalized spacial score (nSPS) is 13.3. The van der Waals surface area contributed by atoms with E-state index in [1.807, 2.05) is 0 Å². The minimum absolute atomic E-state index is 0.0930. The quantitative estimate of drug-likeness (QED) is 0.249. The number of unbranched alkanes of at least 4 members (excludes halogenated alkanes) is 12. The largest absolute Gasteiger partial charge is 0.393 e. The Labute approximate surface area is 150 Å². The van der Waals surface area contributed by atoms with Gasteiger partial charge in [0.15, 0.2) is 0 Å². The summed E-state index contributed by atoms with van der Waals surface area (Å²) in [6.07, 6.45) is 17.8. The van der Waals surface area contributed by atoms with Crippen LogP contribution in [0.1, 0.15) is 110 Å². The Morgan fingerprint density at radius 3 is 1.46 bits per heavy atom. The highest BCUT2D eigenvalue weighted by Crippen LogP contribution is 2.14. The zero-order valence-corrected chi connectivity index (χ0v) is 16.5. The zero-order valence-electron chi connectivity index (χ0n) is 15.7. The van der Waals surface area contributed by atoms with Crippen molar-refractivity contribution < 1.29 is 18.1 Å². The van der Waals surface area contributed by atoms with Crippen molar-refractivity contribution in [1.82, 2.24) is 0 Å². The number of hydrogen-bond acceptors (Lipinski definition) is 3. The minimum Gasteiger partial charge on any atom is -0.393 e. The van der Waals surface area contributed by atoms with Gasteiger partial charge in [0.1, 0.15) is 0 Å². The Morgan fingerprint density at radius 2 is 1.04 bits per heavy atom. The Morgan fingerprint density at radius 1 is 0.667 bits per heavy atom. The van der Waals surface area contributed by atoms with Crippen LogP contribution in [0, 0.1) is 0 Å². The van der Waals surface area contributed by atoms with Gasteiger partial charge < -0.3 is 5.11 Å². The summed E-state index contributed by atoms with van der Waals surface area (Å²) in [5.41, 5.74) is 0. The Kier molecular flexibility index (Phi) is 16.3. The van der Waals surface area contributed by atoms with E-state index >= 15 is 0 Å². The molecule has 0 heterocycles. The number of rotatable bonds is 18. The lowest BCUT2D eigenvalue weighted by atomic mass is 10.0. The van der Waals surface area contributed by atoms with Gasteiger partial charge in [0.25, 0.3) is 10.1 Å². The predicted octanol–water partition coefficient (Wildman–Crippen LogP) is 5.50. The van der Waals surface area contributed by atoms with Crippen LogP contribution in [-0.4, -0.2) is 29.9 Å². The molecule has 0 radical (unpaired) electrons. The van der Waals surface area contributed by atoms with Crippen LogP contribution in [0.2, 0.25) is 0 Å². The summed E-state index contributed by atoms with van der Waals surface area (Å²) in [5, 5.41) is 9.89. The van der Waals surface area contributed by atoms with E-state index in [0.717, 1.165) is 38.5 Å². The molecule has 0 amide bonds. The summed E-state index contributed by atoms with van der Waals surface area (Å²) in [6.45, 7) is 2.21. The van der Waals surface area contributed by atoms with Crippen molar-refractivity contribution in [2.24, 2.45) is 0 Å². The fourth-order valence-corrected chi connectivity index (χ4v) is 3.60. The molecular formula is C19H40O4S. The zero-order chi connectivity index (χ0) is 18.1. The van der Waals surface area contributed by atoms with Crippen molar-refractivity contribution in [2.75, 3.05) is 5.75 Å². The first-order valence-electron chi connectivity index (χ1n) is 10.1. The van der Waals surface area contributed by atoms with Crippen molar-refractivity contribution in [3.05, 3.63) is 0 Å². The molecule has 0 fully saturated rings. The monoisotopic (exact) mass is 364 g/mol. The van der Waals surface area contributed by atoms with Gasteiger partial charge >= 0.3 is 0 Å². The van der Waals surface area contributed by atoms with E-state index in [4.69, 9.17) is 4.55 Å². The van der Waals surface area contributed by atoms with Crippen LogP contribution >= 0.6 is 0 Å². The van der Waals surface area contributed by atoms with Crippen LogP contribution in [-0.2, 0) is 10.1 Å². The molecule has 2 N–H and O–H groups in total. The summed E-state index contributed by atoms with van der Waals surface area (Å²) in [7, 11) is -3.77. The third-order valence-electron chi connectivity index (χ3n) is 4.58. The van der Waals surface area contributed by atoms with E-state index in [-0.39, 0.29) is 11.9 Å². The van der Waals surface area contributed by atoms with E-state index in [0.29, 0.717) is 6.42 Å². The third-order valence-corrected chi connectivity index (χ3v) is 5.39. The molecule has 0 aliphatic heterocycles. The lowest BCUT2D eigenvalue weighted by Crippen LogP contribution is -2.05. The van der Waals surface area contributed by atoms with Gasteiger partial charge in [-0.2, -0.15) is 8.42 Å². The molecule has 0 aromatic carbocycles. The second kappa shape index (κ2) is 16.3. The van der Waals surface area contributed by atoms with Crippen molar-refractivity contribution in [3.8, 4) is 0 Å². The fraction of sp³-hybridized carbons (Fsp3) is 1.00. The van der Waals surface area contributed by atoms with E-state index < -0.39 is 10.1 Å². The van der Waals surface area contributed by atoms with Gasteiger partial charge in [-0.05, 0) is 19.3 Å². The van der Waals surface area contributed by atoms with Crippen LogP contribution in [0.5, 0.6) is 0 Å². The minimum atomic E-state index is -3.77. The summed E-state index contributed by atoms with van der Waals surface area (Å²) in [5.74, 6) is -0.0997. The van der Waals surface area contributed by atoms with Gasteiger partial charge in [0, 0.05) is 0 Å². The molecular weight excluding hydrogens is 324 g/mol. The summed E-state index contributed by atoms with van der Waals surface area (Å²) < 4.78 is 29.7. The smallest absolute Gasteiger partial charge is 0.264 e. The fourth-order valence-electron chi connectivity index (χ4n) is 3.03. The SMILES string of the molecule is CCCCCCC(O)CCCCCCCCCCCCS(=O)(=O)O. The molecule has 0 saturated carbocycles. The summed E-state index contributed by atoms with van der Waals surface area (Å²) in [4.78, 5) is 0. The maximum Gasteiger partial charge on any atom is 0.264 e. The number of aliphatic hydroxyl groups is 1. The summed E-state index contributed by atoms with van der Waals surface area (Å²) >= 11 is 0. The van der Waals surface area contributed by atoms with Gasteiger partial charge in [-0.1, -0.05) is 90.4 Å². The molecule has 0 rings (SSSR count). The van der Waals surface area contributed by atoms with Crippen molar-refractivity contribution in [3.63, 3.8) is 0 Å². The first-order valence-corrected chi connectivity index (χ1v) is 11.7. The Hall–Kier alpha value is -0.130. The molecule has 24 heavy (non-hydrogen) atoms. The maximum absolute atomic E-state index is 10.6. The molecule has 0 aliphatic rings. The van der Waals surface area contributed by atoms with E-state index in [1.54, 1.807) is 0 Å². The molecule has 0 aliphatic carbocycles. The highest BCUT2D eigenvalue weighted by molar-refractivity contribution is 7.85. The van der Waals surface area contributed by atoms with Crippen molar-refractivity contribution in [1.29, 1.82) is 0 Å². The van der Waals surface area contributed by atoms with Crippen LogP contribution in [0.3, 0.4) is 0 Å². The molecule has 0 aromatic heterocycles. The van der Waals surface area contributed by atoms with Gasteiger partial charge in [0.05, 0.1) is 11.9 Å². The lowest BCUT2D eigenvalue weighted by Gasteiger charge is -2.10. The molecule has 4 nitrogen and oxygen atoms in total. The number of aliphatic hydroxyl groups excluding tert-OH is 1. The molecule has 0 saturated heterocycles. The van der Waals surface area contributed by atoms with Gasteiger partial charge in [-0.25, -0.2) is 0 Å². The van der Waals surface area contributed by atoms with Gasteiger partial charge in [0.2, 0.25) is 0 Å². The molecule has 1 unspecified atom stereocenters. The van der Waals surface area contributed by atoms with Gasteiger partial charge in [-0.3, -0.25) is 4.55 Å². The Bertz CT molecular complexity index is 354. The van der Waals surface area contributed by atoms with Gasteiger partial charge in [-0.15, -0.1) is 0 Å². The highest BCUT2D eigenvalue weighted by atomic mass is 32.2. The average molecular weight is 365 g/mol. The molecule has 0 spiro atoms. The number of hydrogen-bond donors (Lipinski definition) is 2. The Balaban J connectivity index is 3.17. The highest BCUT2D eigenvalue weighted by Gasteiger charge is 2.04. The van der Waals surface area contributed by atoms with E-state index in [9.17, 15) is 13.5 Å². The third kappa shape index (κ3) is 19.9. The van der Waals surface area contributed by atoms with Crippen LogP contribution < -0.4 is 0 Å². The second-order valence-electron chi connectivity index (χ2n) is 7.11. The first kappa shape index (κ1) is 23.9. The van der Waals surface area contributed by atoms with E-state index in [2.05, 4.69) is 6.92 Å². The summed E-state index contributed by atoms with van der Waals surface area (Å²) in [6, 6.07) is 0. The van der Waals surface area contributed by atoms with Crippen LogP contribution in [0.4, 0.5) is 0 Å². The van der Waals surface area contributed by atoms with Crippen LogP contribution in [0.15, 0.2) is 0 Å². The van der Waals surface area contributed by atoms with Crippen molar-refractivity contribution >= 4 is 10.1 Å². The average Bonchev–Trinajstić information content (AvgIpc) is 2.51. The standard InChI is InChI=1S/C19H40O4S/c1-2-3-4-13-16-19(20)17-14-11-9-7-5-6-8-10-12-15-18-24(21,22)23/h19-20H,2-18H2,1H3,(H,21,22,23). The topological polar surface area (TPSA) is 74.6 Å². The van der Waals surface area contributed by atoms with Crippen LogP contribution in [0.25, 0.3) is 0 Å². The maximum atomic E-state index is 10.6. The molecule has 146 valence electrons. The molecule has 1 atom stereocenters.